The quantitative estimate of drug-likeness (QED) is 0.701. The molecule has 1 aliphatic heterocycles. The summed E-state index contributed by atoms with van der Waals surface area (Å²) in [7, 11) is 0. The number of carbonyl (C=O) groups excluding carboxylic acids is 3. The summed E-state index contributed by atoms with van der Waals surface area (Å²) in [6.45, 7) is 3.74. The fourth-order valence-corrected chi connectivity index (χ4v) is 3.50. The molecule has 8 heteroatoms. The molecule has 1 fully saturated rings. The van der Waals surface area contributed by atoms with Gasteiger partial charge in [-0.25, -0.2) is 0 Å². The van der Waals surface area contributed by atoms with E-state index in [0.29, 0.717) is 17.9 Å². The van der Waals surface area contributed by atoms with Crippen LogP contribution in [0.3, 0.4) is 0 Å². The molecule has 1 saturated heterocycles. The van der Waals surface area contributed by atoms with E-state index in [0.717, 1.165) is 22.2 Å². The SMILES string of the molecule is CCOc1cc(C=C2SC(=O)N(CC(=O)Nc3ccc(C)cc3)C2=O)ccc1O. The lowest BCUT2D eigenvalue weighted by molar-refractivity contribution is -0.127. The van der Waals surface area contributed by atoms with Gasteiger partial charge in [0.2, 0.25) is 5.91 Å². The Hall–Kier alpha value is -3.26. The Balaban J connectivity index is 1.70. The molecule has 0 aliphatic carbocycles. The van der Waals surface area contributed by atoms with Crippen LogP contribution in [0.4, 0.5) is 10.5 Å². The molecule has 7 nitrogen and oxygen atoms in total. The molecule has 0 atom stereocenters. The highest BCUT2D eigenvalue weighted by Crippen LogP contribution is 2.34. The van der Waals surface area contributed by atoms with E-state index in [1.165, 1.54) is 12.1 Å². The van der Waals surface area contributed by atoms with Gasteiger partial charge in [-0.15, -0.1) is 0 Å². The number of hydrogen-bond acceptors (Lipinski definition) is 6. The minimum absolute atomic E-state index is 0.00937. The van der Waals surface area contributed by atoms with Gasteiger partial charge in [0, 0.05) is 5.69 Å². The summed E-state index contributed by atoms with van der Waals surface area (Å²) in [5, 5.41) is 11.9. The first-order valence-corrected chi connectivity index (χ1v) is 9.76. The predicted octanol–water partition coefficient (Wildman–Crippen LogP) is 3.77. The zero-order valence-corrected chi connectivity index (χ0v) is 16.8. The number of imide groups is 1. The molecule has 0 radical (unpaired) electrons. The van der Waals surface area contributed by atoms with Crippen molar-refractivity contribution in [3.8, 4) is 11.5 Å². The van der Waals surface area contributed by atoms with Crippen molar-refractivity contribution >= 4 is 40.6 Å². The van der Waals surface area contributed by atoms with Crippen molar-refractivity contribution < 1.29 is 24.2 Å². The van der Waals surface area contributed by atoms with Crippen LogP contribution in [0.15, 0.2) is 47.4 Å². The highest BCUT2D eigenvalue weighted by atomic mass is 32.2. The van der Waals surface area contributed by atoms with Crippen LogP contribution in [0.5, 0.6) is 11.5 Å². The molecule has 1 heterocycles. The Bertz CT molecular complexity index is 985. The molecule has 29 heavy (non-hydrogen) atoms. The van der Waals surface area contributed by atoms with Gasteiger partial charge in [0.1, 0.15) is 6.54 Å². The number of phenolic OH excluding ortho intramolecular Hbond substituents is 1. The summed E-state index contributed by atoms with van der Waals surface area (Å²) in [6, 6.07) is 11.9. The zero-order chi connectivity index (χ0) is 21.0. The van der Waals surface area contributed by atoms with Gasteiger partial charge in [0.15, 0.2) is 11.5 Å². The number of aromatic hydroxyl groups is 1. The number of amides is 3. The van der Waals surface area contributed by atoms with Crippen LogP contribution in [-0.2, 0) is 9.59 Å². The summed E-state index contributed by atoms with van der Waals surface area (Å²) < 4.78 is 5.33. The van der Waals surface area contributed by atoms with Gasteiger partial charge in [-0.05, 0) is 61.5 Å². The molecule has 0 spiro atoms. The van der Waals surface area contributed by atoms with Crippen molar-refractivity contribution in [3.63, 3.8) is 0 Å². The summed E-state index contributed by atoms with van der Waals surface area (Å²) >= 11 is 0.766. The lowest BCUT2D eigenvalue weighted by atomic mass is 10.2. The van der Waals surface area contributed by atoms with E-state index in [9.17, 15) is 19.5 Å². The molecule has 3 amide bonds. The average Bonchev–Trinajstić information content (AvgIpc) is 2.94. The first kappa shape index (κ1) is 20.5. The van der Waals surface area contributed by atoms with Gasteiger partial charge in [-0.1, -0.05) is 23.8 Å². The van der Waals surface area contributed by atoms with E-state index in [1.807, 2.05) is 19.1 Å². The number of benzene rings is 2. The molecule has 3 rings (SSSR count). The molecule has 0 aromatic heterocycles. The van der Waals surface area contributed by atoms with Crippen molar-refractivity contribution in [2.45, 2.75) is 13.8 Å². The van der Waals surface area contributed by atoms with Crippen LogP contribution in [0, 0.1) is 6.92 Å². The minimum atomic E-state index is -0.537. The number of anilines is 1. The lowest BCUT2D eigenvalue weighted by Gasteiger charge is -2.12. The van der Waals surface area contributed by atoms with Crippen LogP contribution in [0.1, 0.15) is 18.1 Å². The second-order valence-electron chi connectivity index (χ2n) is 6.34. The van der Waals surface area contributed by atoms with Crippen molar-refractivity contribution in [1.82, 2.24) is 4.90 Å². The summed E-state index contributed by atoms with van der Waals surface area (Å²) in [5.41, 5.74) is 2.25. The van der Waals surface area contributed by atoms with Gasteiger partial charge < -0.3 is 15.2 Å². The average molecular weight is 412 g/mol. The minimum Gasteiger partial charge on any atom is -0.504 e. The molecular weight excluding hydrogens is 392 g/mol. The Kier molecular flexibility index (Phi) is 6.23. The fraction of sp³-hybridized carbons (Fsp3) is 0.190. The molecule has 0 unspecified atom stereocenters. The molecule has 2 aromatic carbocycles. The largest absolute Gasteiger partial charge is 0.504 e. The lowest BCUT2D eigenvalue weighted by Crippen LogP contribution is -2.36. The molecule has 150 valence electrons. The molecule has 0 saturated carbocycles. The molecule has 0 bridgehead atoms. The number of thioether (sulfide) groups is 1. The van der Waals surface area contributed by atoms with Crippen molar-refractivity contribution in [2.75, 3.05) is 18.5 Å². The Morgan fingerprint density at radius 3 is 2.62 bits per heavy atom. The molecule has 2 N–H and O–H groups in total. The zero-order valence-electron chi connectivity index (χ0n) is 16.0. The number of phenols is 1. The van der Waals surface area contributed by atoms with Crippen molar-refractivity contribution in [2.24, 2.45) is 0 Å². The van der Waals surface area contributed by atoms with E-state index < -0.39 is 17.1 Å². The Labute approximate surface area is 172 Å². The molecule has 2 aromatic rings. The third-order valence-corrected chi connectivity index (χ3v) is 5.00. The second-order valence-corrected chi connectivity index (χ2v) is 7.34. The van der Waals surface area contributed by atoms with E-state index >= 15 is 0 Å². The van der Waals surface area contributed by atoms with Crippen LogP contribution in [0.2, 0.25) is 0 Å². The third kappa shape index (κ3) is 4.97. The van der Waals surface area contributed by atoms with E-state index in [-0.39, 0.29) is 22.9 Å². The maximum Gasteiger partial charge on any atom is 0.294 e. The number of carbonyl (C=O) groups is 3. The van der Waals surface area contributed by atoms with E-state index in [4.69, 9.17) is 4.74 Å². The number of nitrogens with zero attached hydrogens (tertiary/aromatic N) is 1. The van der Waals surface area contributed by atoms with Gasteiger partial charge in [0.25, 0.3) is 11.1 Å². The Morgan fingerprint density at radius 2 is 1.93 bits per heavy atom. The van der Waals surface area contributed by atoms with Crippen LogP contribution >= 0.6 is 11.8 Å². The van der Waals surface area contributed by atoms with Gasteiger partial charge >= 0.3 is 0 Å². The normalized spacial score (nSPS) is 15.1. The maximum atomic E-state index is 12.6. The summed E-state index contributed by atoms with van der Waals surface area (Å²) in [6.07, 6.45) is 1.53. The van der Waals surface area contributed by atoms with Crippen molar-refractivity contribution in [3.05, 3.63) is 58.5 Å². The molecular formula is C21H20N2O5S. The monoisotopic (exact) mass is 412 g/mol. The number of nitrogens with one attached hydrogen (secondary N) is 1. The number of rotatable bonds is 6. The van der Waals surface area contributed by atoms with Crippen LogP contribution in [0.25, 0.3) is 6.08 Å². The van der Waals surface area contributed by atoms with E-state index in [1.54, 1.807) is 31.2 Å². The van der Waals surface area contributed by atoms with Crippen molar-refractivity contribution in [1.29, 1.82) is 0 Å². The van der Waals surface area contributed by atoms with Gasteiger partial charge in [-0.3, -0.25) is 19.3 Å². The predicted molar refractivity (Wildman–Crippen MR) is 112 cm³/mol. The standard InChI is InChI=1S/C21H20N2O5S/c1-3-28-17-10-14(6-9-16(17)24)11-18-20(26)23(21(27)29-18)12-19(25)22-15-7-4-13(2)5-8-15/h4-11,24H,3,12H2,1-2H3,(H,22,25). The first-order valence-electron chi connectivity index (χ1n) is 8.95. The number of ether oxygens (including phenoxy) is 1. The fourth-order valence-electron chi connectivity index (χ4n) is 2.66. The highest BCUT2D eigenvalue weighted by Gasteiger charge is 2.36. The smallest absolute Gasteiger partial charge is 0.294 e. The second kappa shape index (κ2) is 8.83. The van der Waals surface area contributed by atoms with Gasteiger partial charge in [-0.2, -0.15) is 0 Å². The molecule has 1 aliphatic rings. The first-order chi connectivity index (χ1) is 13.9. The summed E-state index contributed by atoms with van der Waals surface area (Å²) in [5.74, 6) is -0.714. The topological polar surface area (TPSA) is 95.9 Å². The highest BCUT2D eigenvalue weighted by molar-refractivity contribution is 8.18. The van der Waals surface area contributed by atoms with E-state index in [2.05, 4.69) is 5.32 Å². The van der Waals surface area contributed by atoms with Crippen LogP contribution < -0.4 is 10.1 Å². The maximum absolute atomic E-state index is 12.6. The van der Waals surface area contributed by atoms with Gasteiger partial charge in [0.05, 0.1) is 11.5 Å². The Morgan fingerprint density at radius 1 is 1.21 bits per heavy atom. The number of aryl methyl sites for hydroxylation is 1. The number of hydrogen-bond donors (Lipinski definition) is 2. The third-order valence-electron chi connectivity index (χ3n) is 4.09. The van der Waals surface area contributed by atoms with Crippen LogP contribution in [-0.4, -0.2) is 40.2 Å². The summed E-state index contributed by atoms with van der Waals surface area (Å²) in [4.78, 5) is 38.1.